The summed E-state index contributed by atoms with van der Waals surface area (Å²) >= 11 is 0. The molecule has 1 atom stereocenters. The molecule has 1 saturated heterocycles. The fraction of sp³-hybridized carbons (Fsp3) is 0.308. The van der Waals surface area contributed by atoms with Crippen molar-refractivity contribution >= 4 is 16.8 Å². The molecule has 4 aromatic rings. The summed E-state index contributed by atoms with van der Waals surface area (Å²) in [6.45, 7) is 2.24. The second-order valence-corrected chi connectivity index (χ2v) is 9.13. The number of hydrogen-bond acceptors (Lipinski definition) is 4. The van der Waals surface area contributed by atoms with Crippen LogP contribution in [0.2, 0.25) is 0 Å². The predicted octanol–water partition coefficient (Wildman–Crippen LogP) is 4.56. The number of amides is 1. The van der Waals surface area contributed by atoms with E-state index in [0.29, 0.717) is 29.8 Å². The third-order valence-electron chi connectivity index (χ3n) is 6.74. The highest BCUT2D eigenvalue weighted by Gasteiger charge is 2.36. The topological polar surface area (TPSA) is 63.9 Å². The lowest BCUT2D eigenvalue weighted by molar-refractivity contribution is -0.131. The number of rotatable bonds is 5. The van der Waals surface area contributed by atoms with Crippen LogP contribution >= 0.6 is 0 Å². The average molecular weight is 442 g/mol. The Labute approximate surface area is 191 Å². The van der Waals surface area contributed by atoms with Crippen molar-refractivity contribution in [2.75, 3.05) is 13.1 Å². The molecule has 2 fully saturated rings. The van der Waals surface area contributed by atoms with E-state index < -0.39 is 0 Å². The van der Waals surface area contributed by atoms with Gasteiger partial charge in [-0.15, -0.1) is 10.2 Å². The number of carbonyl (C=O) groups is 1. The normalized spacial score (nSPS) is 18.2. The Morgan fingerprint density at radius 1 is 1.06 bits per heavy atom. The SMILES string of the molecule is O=C(C1CC1)N1CC[C@H](Cn2cnnc2-c2ccc(-c3ccc4cccnc4c3)cc2F)C1. The first-order chi connectivity index (χ1) is 16.2. The zero-order valence-corrected chi connectivity index (χ0v) is 18.2. The third kappa shape index (κ3) is 3.88. The van der Waals surface area contributed by atoms with Crippen molar-refractivity contribution in [1.82, 2.24) is 24.6 Å². The van der Waals surface area contributed by atoms with Gasteiger partial charge in [-0.05, 0) is 60.6 Å². The number of likely N-dealkylation sites (tertiary alicyclic amines) is 1. The van der Waals surface area contributed by atoms with Gasteiger partial charge in [0, 0.05) is 37.1 Å². The Bertz CT molecular complexity index is 1350. The second-order valence-electron chi connectivity index (χ2n) is 9.13. The minimum Gasteiger partial charge on any atom is -0.342 e. The Kier molecular flexibility index (Phi) is 4.89. The van der Waals surface area contributed by atoms with Crippen molar-refractivity contribution in [2.45, 2.75) is 25.8 Å². The highest BCUT2D eigenvalue weighted by molar-refractivity contribution is 5.84. The van der Waals surface area contributed by atoms with Gasteiger partial charge in [-0.2, -0.15) is 0 Å². The van der Waals surface area contributed by atoms with Crippen LogP contribution in [0, 0.1) is 17.7 Å². The molecule has 0 unspecified atom stereocenters. The van der Waals surface area contributed by atoms with Gasteiger partial charge in [0.15, 0.2) is 5.82 Å². The number of nitrogens with zero attached hydrogens (tertiary/aromatic N) is 5. The number of pyridine rings is 1. The molecule has 1 saturated carbocycles. The van der Waals surface area contributed by atoms with Gasteiger partial charge in [0.25, 0.3) is 0 Å². The van der Waals surface area contributed by atoms with Gasteiger partial charge in [-0.25, -0.2) is 4.39 Å². The van der Waals surface area contributed by atoms with Crippen molar-refractivity contribution in [2.24, 2.45) is 11.8 Å². The summed E-state index contributed by atoms with van der Waals surface area (Å²) in [4.78, 5) is 18.7. The number of aromatic nitrogens is 4. The first-order valence-electron chi connectivity index (χ1n) is 11.5. The molecule has 2 aliphatic rings. The van der Waals surface area contributed by atoms with Crippen LogP contribution in [-0.4, -0.2) is 43.6 Å². The fourth-order valence-corrected chi connectivity index (χ4v) is 4.77. The summed E-state index contributed by atoms with van der Waals surface area (Å²) in [6.07, 6.45) is 6.42. The van der Waals surface area contributed by atoms with E-state index in [-0.39, 0.29) is 11.7 Å². The van der Waals surface area contributed by atoms with Crippen LogP contribution in [0.1, 0.15) is 19.3 Å². The van der Waals surface area contributed by atoms with E-state index in [9.17, 15) is 4.79 Å². The summed E-state index contributed by atoms with van der Waals surface area (Å²) in [6, 6.07) is 15.1. The quantitative estimate of drug-likeness (QED) is 0.456. The number of halogens is 1. The van der Waals surface area contributed by atoms with Crippen LogP contribution in [0.4, 0.5) is 4.39 Å². The maximum absolute atomic E-state index is 15.2. The lowest BCUT2D eigenvalue weighted by Gasteiger charge is -2.17. The summed E-state index contributed by atoms with van der Waals surface area (Å²) in [5.74, 6) is 1.06. The highest BCUT2D eigenvalue weighted by Crippen LogP contribution is 2.34. The Morgan fingerprint density at radius 3 is 2.76 bits per heavy atom. The fourth-order valence-electron chi connectivity index (χ4n) is 4.77. The van der Waals surface area contributed by atoms with Crippen molar-refractivity contribution in [3.05, 3.63) is 66.9 Å². The smallest absolute Gasteiger partial charge is 0.225 e. The molecule has 0 bridgehead atoms. The summed E-state index contributed by atoms with van der Waals surface area (Å²) in [7, 11) is 0. The molecular formula is C26H24FN5O. The first-order valence-corrected chi connectivity index (χ1v) is 11.5. The number of carbonyl (C=O) groups excluding carboxylic acids is 1. The van der Waals surface area contributed by atoms with Crippen molar-refractivity contribution in [3.63, 3.8) is 0 Å². The van der Waals surface area contributed by atoms with Crippen molar-refractivity contribution < 1.29 is 9.18 Å². The summed E-state index contributed by atoms with van der Waals surface area (Å²) in [5.41, 5.74) is 3.02. The molecular weight excluding hydrogens is 417 g/mol. The van der Waals surface area contributed by atoms with Gasteiger partial charge in [0.05, 0.1) is 11.1 Å². The van der Waals surface area contributed by atoms with Gasteiger partial charge in [-0.3, -0.25) is 9.78 Å². The Balaban J connectivity index is 1.22. The minimum atomic E-state index is -0.333. The number of benzene rings is 2. The zero-order chi connectivity index (χ0) is 22.4. The van der Waals surface area contributed by atoms with Crippen LogP contribution in [0.15, 0.2) is 61.1 Å². The van der Waals surface area contributed by atoms with E-state index in [1.54, 1.807) is 24.7 Å². The molecule has 7 heteroatoms. The van der Waals surface area contributed by atoms with Crippen LogP contribution in [-0.2, 0) is 11.3 Å². The molecule has 2 aromatic carbocycles. The molecule has 0 N–H and O–H groups in total. The largest absolute Gasteiger partial charge is 0.342 e. The van der Waals surface area contributed by atoms with Gasteiger partial charge in [-0.1, -0.05) is 24.3 Å². The third-order valence-corrected chi connectivity index (χ3v) is 6.74. The van der Waals surface area contributed by atoms with Crippen molar-refractivity contribution in [3.8, 4) is 22.5 Å². The maximum Gasteiger partial charge on any atom is 0.225 e. The van der Waals surface area contributed by atoms with E-state index >= 15 is 4.39 Å². The van der Waals surface area contributed by atoms with E-state index in [1.165, 1.54) is 0 Å². The average Bonchev–Trinajstić information content (AvgIpc) is 3.42. The Hall–Kier alpha value is -3.61. The second kappa shape index (κ2) is 8.06. The first kappa shape index (κ1) is 20.0. The molecule has 166 valence electrons. The molecule has 0 spiro atoms. The molecule has 1 aliphatic heterocycles. The van der Waals surface area contributed by atoms with Crippen LogP contribution < -0.4 is 0 Å². The predicted molar refractivity (Wildman–Crippen MR) is 124 cm³/mol. The molecule has 1 aliphatic carbocycles. The lowest BCUT2D eigenvalue weighted by Crippen LogP contribution is -2.30. The van der Waals surface area contributed by atoms with Gasteiger partial charge in [0.2, 0.25) is 5.91 Å². The molecule has 3 heterocycles. The molecule has 6 rings (SSSR count). The van der Waals surface area contributed by atoms with E-state index in [4.69, 9.17) is 0 Å². The van der Waals surface area contributed by atoms with Gasteiger partial charge >= 0.3 is 0 Å². The summed E-state index contributed by atoms with van der Waals surface area (Å²) in [5, 5.41) is 9.31. The molecule has 6 nitrogen and oxygen atoms in total. The maximum atomic E-state index is 15.2. The minimum absolute atomic E-state index is 0.250. The highest BCUT2D eigenvalue weighted by atomic mass is 19.1. The van der Waals surface area contributed by atoms with Crippen molar-refractivity contribution in [1.29, 1.82) is 0 Å². The number of hydrogen-bond donors (Lipinski definition) is 0. The van der Waals surface area contributed by atoms with Crippen LogP contribution in [0.25, 0.3) is 33.4 Å². The lowest BCUT2D eigenvalue weighted by atomic mass is 10.0. The number of fused-ring (bicyclic) bond motifs is 1. The van der Waals surface area contributed by atoms with Crippen LogP contribution in [0.3, 0.4) is 0 Å². The molecule has 2 aromatic heterocycles. The molecule has 1 amide bonds. The van der Waals surface area contributed by atoms with E-state index in [2.05, 4.69) is 15.2 Å². The van der Waals surface area contributed by atoms with E-state index in [1.807, 2.05) is 45.9 Å². The standard InChI is InChI=1S/C26H24FN5O/c27-23-12-20(21-6-3-18-2-1-10-28-24(18)13-21)7-8-22(23)25-30-29-16-32(25)15-17-9-11-31(14-17)26(33)19-4-5-19/h1-3,6-8,10,12-13,16-17,19H,4-5,9,11,14-15H2/t17-/m0/s1. The molecule has 33 heavy (non-hydrogen) atoms. The Morgan fingerprint density at radius 2 is 1.91 bits per heavy atom. The van der Waals surface area contributed by atoms with Crippen LogP contribution in [0.5, 0.6) is 0 Å². The summed E-state index contributed by atoms with van der Waals surface area (Å²) < 4.78 is 17.1. The van der Waals surface area contributed by atoms with Gasteiger partial charge < -0.3 is 9.47 Å². The van der Waals surface area contributed by atoms with Gasteiger partial charge in [0.1, 0.15) is 12.1 Å². The molecule has 0 radical (unpaired) electrons. The zero-order valence-electron chi connectivity index (χ0n) is 18.2. The monoisotopic (exact) mass is 441 g/mol. The van der Waals surface area contributed by atoms with E-state index in [0.717, 1.165) is 54.4 Å².